The van der Waals surface area contributed by atoms with Gasteiger partial charge in [0, 0.05) is 5.92 Å². The average Bonchev–Trinajstić information content (AvgIpc) is 3.11. The van der Waals surface area contributed by atoms with Crippen LogP contribution in [0.3, 0.4) is 0 Å². The van der Waals surface area contributed by atoms with Gasteiger partial charge in [0.2, 0.25) is 0 Å². The molecule has 0 aromatic rings. The third-order valence-corrected chi connectivity index (χ3v) is 11.2. The molecule has 0 aliphatic heterocycles. The summed E-state index contributed by atoms with van der Waals surface area (Å²) in [6.45, 7) is 16.4. The van der Waals surface area contributed by atoms with E-state index in [9.17, 15) is 4.79 Å². The van der Waals surface area contributed by atoms with Gasteiger partial charge in [0.15, 0.2) is 6.54 Å². The number of quaternary nitrogens is 1. The van der Waals surface area contributed by atoms with E-state index in [2.05, 4.69) is 55.6 Å². The Labute approximate surface area is 184 Å². The van der Waals surface area contributed by atoms with Crippen LogP contribution in [0, 0.1) is 33.5 Å². The maximum atomic E-state index is 12.8. The van der Waals surface area contributed by atoms with Crippen molar-refractivity contribution >= 4 is 5.97 Å². The predicted molar refractivity (Wildman–Crippen MR) is 120 cm³/mol. The van der Waals surface area contributed by atoms with Gasteiger partial charge >= 0.3 is 5.97 Å². The second-order valence-electron chi connectivity index (χ2n) is 13.4. The molecular formula is C26H46NO3+. The van der Waals surface area contributed by atoms with Crippen molar-refractivity contribution in [3.05, 3.63) is 0 Å². The Morgan fingerprint density at radius 3 is 2.20 bits per heavy atom. The highest BCUT2D eigenvalue weighted by molar-refractivity contribution is 5.71. The normalized spacial score (nSPS) is 43.3. The molecule has 4 heteroatoms. The number of rotatable bonds is 7. The van der Waals surface area contributed by atoms with E-state index in [0.29, 0.717) is 39.3 Å². The molecule has 4 rings (SSSR count). The van der Waals surface area contributed by atoms with Crippen LogP contribution in [0.15, 0.2) is 0 Å². The van der Waals surface area contributed by atoms with Crippen LogP contribution in [0.5, 0.6) is 0 Å². The molecule has 0 aromatic carbocycles. The first kappa shape index (κ1) is 22.6. The average molecular weight is 421 g/mol. The molecule has 0 aromatic heterocycles. The molecule has 0 N–H and O–H groups in total. The van der Waals surface area contributed by atoms with Gasteiger partial charge in [0.25, 0.3) is 0 Å². The fourth-order valence-corrected chi connectivity index (χ4v) is 7.79. The molecule has 4 aliphatic carbocycles. The van der Waals surface area contributed by atoms with Gasteiger partial charge in [-0.3, -0.25) is 0 Å². The van der Waals surface area contributed by atoms with E-state index < -0.39 is 0 Å². The number of ether oxygens (including phenoxy) is 2. The lowest BCUT2D eigenvalue weighted by molar-refractivity contribution is -0.883. The van der Waals surface area contributed by atoms with E-state index in [4.69, 9.17) is 9.47 Å². The molecule has 0 unspecified atom stereocenters. The minimum Gasteiger partial charge on any atom is -0.458 e. The highest BCUT2D eigenvalue weighted by Gasteiger charge is 2.63. The summed E-state index contributed by atoms with van der Waals surface area (Å²) in [5.74, 6) is 1.29. The fourth-order valence-electron chi connectivity index (χ4n) is 7.79. The van der Waals surface area contributed by atoms with E-state index in [1.165, 1.54) is 32.1 Å². The molecule has 4 saturated carbocycles. The summed E-state index contributed by atoms with van der Waals surface area (Å²) in [6, 6.07) is 0. The molecule has 0 radical (unpaired) electrons. The molecular weight excluding hydrogens is 374 g/mol. The SMILES string of the molecule is CC1(C)[C@H]2CC[C@]1(C)C[C@@H]2OC(=O)C[N+](C)(C)CCO[C@@H]1C[C@H]2CC[C@@]1(C)C2(C)C. The number of nitrogens with zero attached hydrogens (tertiary/aromatic N) is 1. The summed E-state index contributed by atoms with van der Waals surface area (Å²) < 4.78 is 13.1. The van der Waals surface area contributed by atoms with Crippen LogP contribution in [0.25, 0.3) is 0 Å². The second-order valence-corrected chi connectivity index (χ2v) is 13.4. The van der Waals surface area contributed by atoms with Crippen molar-refractivity contribution in [1.82, 2.24) is 0 Å². The Hall–Kier alpha value is -0.610. The predicted octanol–water partition coefficient (Wildman–Crippen LogP) is 5.05. The van der Waals surface area contributed by atoms with Crippen LogP contribution in [0.1, 0.15) is 80.1 Å². The van der Waals surface area contributed by atoms with Crippen molar-refractivity contribution in [1.29, 1.82) is 0 Å². The summed E-state index contributed by atoms with van der Waals surface area (Å²) in [6.07, 6.45) is 7.84. The third kappa shape index (κ3) is 3.27. The van der Waals surface area contributed by atoms with Crippen LogP contribution < -0.4 is 0 Å². The molecule has 0 amide bonds. The summed E-state index contributed by atoms with van der Waals surface area (Å²) in [7, 11) is 4.26. The van der Waals surface area contributed by atoms with Crippen LogP contribution in [0.2, 0.25) is 0 Å². The van der Waals surface area contributed by atoms with E-state index in [-0.39, 0.29) is 17.5 Å². The number of fused-ring (bicyclic) bond motifs is 4. The van der Waals surface area contributed by atoms with Gasteiger partial charge < -0.3 is 14.0 Å². The minimum absolute atomic E-state index is 0.0371. The smallest absolute Gasteiger partial charge is 0.362 e. The van der Waals surface area contributed by atoms with Gasteiger partial charge in [-0.1, -0.05) is 41.5 Å². The first-order valence-electron chi connectivity index (χ1n) is 12.4. The molecule has 0 saturated heterocycles. The van der Waals surface area contributed by atoms with E-state index >= 15 is 0 Å². The Morgan fingerprint density at radius 1 is 1.00 bits per heavy atom. The molecule has 4 aliphatic rings. The number of carbonyl (C=O) groups is 1. The Bertz CT molecular complexity index is 696. The summed E-state index contributed by atoms with van der Waals surface area (Å²) in [4.78, 5) is 12.8. The highest BCUT2D eigenvalue weighted by atomic mass is 16.5. The van der Waals surface area contributed by atoms with Gasteiger partial charge in [0.1, 0.15) is 12.6 Å². The van der Waals surface area contributed by atoms with Crippen LogP contribution in [-0.2, 0) is 14.3 Å². The van der Waals surface area contributed by atoms with Crippen LogP contribution in [0.4, 0.5) is 0 Å². The maximum Gasteiger partial charge on any atom is 0.362 e. The molecule has 0 spiro atoms. The topological polar surface area (TPSA) is 35.5 Å². The Balaban J connectivity index is 1.25. The number of hydrogen-bond acceptors (Lipinski definition) is 3. The van der Waals surface area contributed by atoms with Crippen LogP contribution >= 0.6 is 0 Å². The lowest BCUT2D eigenvalue weighted by Crippen LogP contribution is -2.48. The quantitative estimate of drug-likeness (QED) is 0.427. The number of esters is 1. The molecule has 6 atom stereocenters. The second kappa shape index (κ2) is 6.94. The standard InChI is InChI=1S/C26H46NO3/c1-23(2)18-9-12-26(23,6)21(15-18)29-14-13-27(7,8)17-22(28)30-20-16-25(5)11-10-19(20)24(25,3)4/h18-21H,9-17H2,1-8H3/q+1/t18-,19+,20+,21-,25-,26-/m1/s1. The third-order valence-electron chi connectivity index (χ3n) is 11.2. The summed E-state index contributed by atoms with van der Waals surface area (Å²) in [5, 5.41) is 0. The molecule has 4 bridgehead atoms. The molecule has 4 fully saturated rings. The lowest BCUT2D eigenvalue weighted by Gasteiger charge is -2.39. The van der Waals surface area contributed by atoms with Crippen molar-refractivity contribution in [2.24, 2.45) is 33.5 Å². The van der Waals surface area contributed by atoms with Crippen molar-refractivity contribution in [3.8, 4) is 0 Å². The maximum absolute atomic E-state index is 12.8. The van der Waals surface area contributed by atoms with E-state index in [1.807, 2.05) is 0 Å². The molecule has 172 valence electrons. The zero-order chi connectivity index (χ0) is 22.2. The highest BCUT2D eigenvalue weighted by Crippen LogP contribution is 2.67. The van der Waals surface area contributed by atoms with Gasteiger partial charge in [-0.25, -0.2) is 4.79 Å². The van der Waals surface area contributed by atoms with Crippen molar-refractivity contribution in [3.63, 3.8) is 0 Å². The lowest BCUT2D eigenvalue weighted by atomic mass is 9.70. The number of carbonyl (C=O) groups excluding carboxylic acids is 1. The van der Waals surface area contributed by atoms with Gasteiger partial charge in [0.05, 0.1) is 26.8 Å². The fraction of sp³-hybridized carbons (Fsp3) is 0.962. The minimum atomic E-state index is -0.0371. The van der Waals surface area contributed by atoms with Crippen LogP contribution in [-0.4, -0.2) is 56.5 Å². The first-order valence-corrected chi connectivity index (χ1v) is 12.4. The van der Waals surface area contributed by atoms with Gasteiger partial charge in [-0.2, -0.15) is 0 Å². The van der Waals surface area contributed by atoms with E-state index in [0.717, 1.165) is 25.5 Å². The monoisotopic (exact) mass is 420 g/mol. The summed E-state index contributed by atoms with van der Waals surface area (Å²) in [5.41, 5.74) is 1.29. The zero-order valence-corrected chi connectivity index (χ0v) is 20.8. The number of likely N-dealkylation sites (N-methyl/N-ethyl adjacent to an activating group) is 1. The van der Waals surface area contributed by atoms with Gasteiger partial charge in [-0.05, 0) is 66.1 Å². The van der Waals surface area contributed by atoms with Gasteiger partial charge in [-0.15, -0.1) is 0 Å². The van der Waals surface area contributed by atoms with E-state index in [1.54, 1.807) is 0 Å². The summed E-state index contributed by atoms with van der Waals surface area (Å²) >= 11 is 0. The largest absolute Gasteiger partial charge is 0.458 e. The first-order chi connectivity index (χ1) is 13.7. The Morgan fingerprint density at radius 2 is 1.70 bits per heavy atom. The Kier molecular flexibility index (Phi) is 5.22. The van der Waals surface area contributed by atoms with Crippen molar-refractivity contribution < 1.29 is 18.8 Å². The number of hydrogen-bond donors (Lipinski definition) is 0. The molecule has 0 heterocycles. The van der Waals surface area contributed by atoms with Crippen molar-refractivity contribution in [2.75, 3.05) is 33.8 Å². The molecule has 4 nitrogen and oxygen atoms in total. The molecule has 30 heavy (non-hydrogen) atoms. The van der Waals surface area contributed by atoms with Crippen molar-refractivity contribution in [2.45, 2.75) is 92.3 Å². The zero-order valence-electron chi connectivity index (χ0n) is 20.8.